The van der Waals surface area contributed by atoms with Crippen LogP contribution in [0.25, 0.3) is 0 Å². The summed E-state index contributed by atoms with van der Waals surface area (Å²) in [7, 11) is -2.17. The molecule has 0 aliphatic rings. The monoisotopic (exact) mass is 320 g/mol. The number of nitrogens with two attached hydrogens (primary N) is 1. The highest BCUT2D eigenvalue weighted by atomic mass is 35.5. The van der Waals surface area contributed by atoms with E-state index in [0.717, 1.165) is 0 Å². The van der Waals surface area contributed by atoms with Crippen LogP contribution in [0.5, 0.6) is 0 Å². The van der Waals surface area contributed by atoms with Crippen molar-refractivity contribution in [3.63, 3.8) is 0 Å². The number of rotatable bonds is 6. The smallest absolute Gasteiger partial charge is 0.242 e. The molecule has 1 amide bonds. The minimum atomic E-state index is -3.57. The number of nitrogens with one attached hydrogen (secondary N) is 1. The van der Waals surface area contributed by atoms with E-state index < -0.39 is 21.0 Å². The lowest BCUT2D eigenvalue weighted by molar-refractivity contribution is -0.115. The van der Waals surface area contributed by atoms with Crippen molar-refractivity contribution in [2.24, 2.45) is 0 Å². The van der Waals surface area contributed by atoms with Crippen LogP contribution in [0.15, 0.2) is 18.2 Å². The highest BCUT2D eigenvalue weighted by Gasteiger charge is 2.27. The van der Waals surface area contributed by atoms with E-state index in [2.05, 4.69) is 5.32 Å². The summed E-state index contributed by atoms with van der Waals surface area (Å²) in [5.74, 6) is -0.858. The predicted octanol–water partition coefficient (Wildman–Crippen LogP) is 1.31. The third-order valence-electron chi connectivity index (χ3n) is 2.75. The first-order chi connectivity index (χ1) is 9.27. The summed E-state index contributed by atoms with van der Waals surface area (Å²) in [5.41, 5.74) is 6.29. The Labute approximate surface area is 123 Å². The number of halogens is 1. The van der Waals surface area contributed by atoms with Gasteiger partial charge in [-0.3, -0.25) is 4.79 Å². The molecule has 0 radical (unpaired) electrons. The van der Waals surface area contributed by atoms with Crippen molar-refractivity contribution >= 4 is 38.7 Å². The molecular formula is C12H17ClN2O4S. The number of methoxy groups -OCH3 is 1. The zero-order valence-electron chi connectivity index (χ0n) is 11.2. The highest BCUT2D eigenvalue weighted by Crippen LogP contribution is 2.23. The molecule has 0 heterocycles. The van der Waals surface area contributed by atoms with E-state index in [1.807, 2.05) is 0 Å². The summed E-state index contributed by atoms with van der Waals surface area (Å²) in [6.07, 6.45) is 0. The Morgan fingerprint density at radius 2 is 2.15 bits per heavy atom. The number of nitrogen functional groups attached to an aromatic ring is 1. The number of ether oxygens (including phenoxy) is 1. The molecule has 1 aromatic rings. The molecule has 0 saturated carbocycles. The van der Waals surface area contributed by atoms with Crippen LogP contribution in [0, 0.1) is 0 Å². The average Bonchev–Trinajstić information content (AvgIpc) is 2.38. The Morgan fingerprint density at radius 1 is 1.50 bits per heavy atom. The third kappa shape index (κ3) is 4.36. The molecule has 0 bridgehead atoms. The summed E-state index contributed by atoms with van der Waals surface area (Å²) in [6.45, 7) is 1.37. The van der Waals surface area contributed by atoms with Gasteiger partial charge in [0.25, 0.3) is 0 Å². The molecular weight excluding hydrogens is 304 g/mol. The van der Waals surface area contributed by atoms with E-state index in [9.17, 15) is 13.2 Å². The quantitative estimate of drug-likeness (QED) is 0.770. The number of hydrogen-bond acceptors (Lipinski definition) is 5. The SMILES string of the molecule is COCCS(=O)(=O)C(C)C(=O)Nc1ccc(Cl)cc1N. The summed E-state index contributed by atoms with van der Waals surface area (Å²) < 4.78 is 28.4. The number of amides is 1. The van der Waals surface area contributed by atoms with Crippen molar-refractivity contribution in [3.8, 4) is 0 Å². The molecule has 0 fully saturated rings. The fourth-order valence-corrected chi connectivity index (χ4v) is 2.74. The lowest BCUT2D eigenvalue weighted by Crippen LogP contribution is -2.35. The number of carbonyl (C=O) groups is 1. The number of hydrogen-bond donors (Lipinski definition) is 2. The van der Waals surface area contributed by atoms with E-state index >= 15 is 0 Å². The Bertz CT molecular complexity index is 589. The number of benzene rings is 1. The van der Waals surface area contributed by atoms with Crippen molar-refractivity contribution in [3.05, 3.63) is 23.2 Å². The van der Waals surface area contributed by atoms with Gasteiger partial charge < -0.3 is 15.8 Å². The van der Waals surface area contributed by atoms with Gasteiger partial charge in [0, 0.05) is 12.1 Å². The fourth-order valence-electron chi connectivity index (χ4n) is 1.42. The maximum atomic E-state index is 11.9. The van der Waals surface area contributed by atoms with Crippen LogP contribution in [0.1, 0.15) is 6.92 Å². The second-order valence-corrected chi connectivity index (χ2v) is 7.10. The molecule has 3 N–H and O–H groups in total. The summed E-state index contributed by atoms with van der Waals surface area (Å²) >= 11 is 5.74. The molecule has 112 valence electrons. The van der Waals surface area contributed by atoms with Gasteiger partial charge in [-0.2, -0.15) is 0 Å². The second kappa shape index (κ2) is 6.92. The first kappa shape index (κ1) is 16.7. The van der Waals surface area contributed by atoms with Crippen molar-refractivity contribution in [1.29, 1.82) is 0 Å². The summed E-state index contributed by atoms with van der Waals surface area (Å²) in [6, 6.07) is 4.54. The molecule has 0 aromatic heterocycles. The molecule has 6 nitrogen and oxygen atoms in total. The third-order valence-corrected chi connectivity index (χ3v) is 5.01. The minimum Gasteiger partial charge on any atom is -0.397 e. The van der Waals surface area contributed by atoms with Crippen molar-refractivity contribution in [1.82, 2.24) is 0 Å². The molecule has 1 atom stereocenters. The molecule has 0 spiro atoms. The molecule has 8 heteroatoms. The van der Waals surface area contributed by atoms with Crippen molar-refractivity contribution < 1.29 is 17.9 Å². The van der Waals surface area contributed by atoms with Gasteiger partial charge in [-0.05, 0) is 25.1 Å². The largest absolute Gasteiger partial charge is 0.397 e. The maximum absolute atomic E-state index is 11.9. The van der Waals surface area contributed by atoms with Gasteiger partial charge in [-0.25, -0.2) is 8.42 Å². The number of carbonyl (C=O) groups excluding carboxylic acids is 1. The highest BCUT2D eigenvalue weighted by molar-refractivity contribution is 7.92. The van der Waals surface area contributed by atoms with Gasteiger partial charge in [-0.1, -0.05) is 11.6 Å². The second-order valence-electron chi connectivity index (χ2n) is 4.22. The first-order valence-electron chi connectivity index (χ1n) is 5.84. The Hall–Kier alpha value is -1.31. The molecule has 1 unspecified atom stereocenters. The normalized spacial score (nSPS) is 12.9. The van der Waals surface area contributed by atoms with Crippen LogP contribution in [-0.2, 0) is 19.4 Å². The molecule has 1 aromatic carbocycles. The number of sulfone groups is 1. The summed E-state index contributed by atoms with van der Waals surface area (Å²) in [5, 5.41) is 1.72. The molecule has 1 rings (SSSR count). The standard InChI is InChI=1S/C12H17ClN2O4S/c1-8(20(17,18)6-5-19-2)12(16)15-11-4-3-9(13)7-10(11)14/h3-4,7-8H,5-6,14H2,1-2H3,(H,15,16). The number of anilines is 2. The molecule has 0 aliphatic heterocycles. The Balaban J connectivity index is 2.80. The van der Waals surface area contributed by atoms with Gasteiger partial charge >= 0.3 is 0 Å². The Kier molecular flexibility index (Phi) is 5.79. The van der Waals surface area contributed by atoms with Crippen molar-refractivity contribution in [2.75, 3.05) is 30.5 Å². The van der Waals surface area contributed by atoms with Crippen molar-refractivity contribution in [2.45, 2.75) is 12.2 Å². The van der Waals surface area contributed by atoms with E-state index in [1.165, 1.54) is 26.2 Å². The van der Waals surface area contributed by atoms with Crippen LogP contribution < -0.4 is 11.1 Å². The predicted molar refractivity (Wildman–Crippen MR) is 79.6 cm³/mol. The van der Waals surface area contributed by atoms with E-state index in [0.29, 0.717) is 10.7 Å². The average molecular weight is 321 g/mol. The fraction of sp³-hybridized carbons (Fsp3) is 0.417. The maximum Gasteiger partial charge on any atom is 0.242 e. The van der Waals surface area contributed by atoms with Gasteiger partial charge in [0.15, 0.2) is 9.84 Å². The van der Waals surface area contributed by atoms with Crippen LogP contribution in [0.2, 0.25) is 5.02 Å². The van der Waals surface area contributed by atoms with Gasteiger partial charge in [0.05, 0.1) is 23.7 Å². The zero-order chi connectivity index (χ0) is 15.3. The van der Waals surface area contributed by atoms with Crippen LogP contribution in [0.3, 0.4) is 0 Å². The topological polar surface area (TPSA) is 98.5 Å². The molecule has 0 aliphatic carbocycles. The minimum absolute atomic E-state index is 0.0447. The van der Waals surface area contributed by atoms with Crippen LogP contribution in [0.4, 0.5) is 11.4 Å². The van der Waals surface area contributed by atoms with Gasteiger partial charge in [0.2, 0.25) is 5.91 Å². The first-order valence-corrected chi connectivity index (χ1v) is 7.93. The lowest BCUT2D eigenvalue weighted by atomic mass is 10.2. The molecule has 0 saturated heterocycles. The van der Waals surface area contributed by atoms with Gasteiger partial charge in [0.1, 0.15) is 5.25 Å². The lowest BCUT2D eigenvalue weighted by Gasteiger charge is -2.14. The summed E-state index contributed by atoms with van der Waals surface area (Å²) in [4.78, 5) is 11.9. The Morgan fingerprint density at radius 3 is 2.70 bits per heavy atom. The van der Waals surface area contributed by atoms with Crippen LogP contribution >= 0.6 is 11.6 Å². The van der Waals surface area contributed by atoms with E-state index in [4.69, 9.17) is 22.1 Å². The van der Waals surface area contributed by atoms with Gasteiger partial charge in [-0.15, -0.1) is 0 Å². The van der Waals surface area contributed by atoms with E-state index in [1.54, 1.807) is 6.07 Å². The zero-order valence-corrected chi connectivity index (χ0v) is 12.8. The molecule has 20 heavy (non-hydrogen) atoms. The van der Waals surface area contributed by atoms with Crippen LogP contribution in [-0.4, -0.2) is 39.0 Å². The van der Waals surface area contributed by atoms with E-state index in [-0.39, 0.29) is 18.0 Å².